The normalized spacial score (nSPS) is 10.4. The summed E-state index contributed by atoms with van der Waals surface area (Å²) in [7, 11) is 0. The molecule has 0 radical (unpaired) electrons. The molecule has 3 rings (SSSR count). The van der Waals surface area contributed by atoms with Crippen LogP contribution in [0.1, 0.15) is 29.9 Å². The highest BCUT2D eigenvalue weighted by Gasteiger charge is 2.11. The molecule has 0 saturated heterocycles. The van der Waals surface area contributed by atoms with Crippen LogP contribution in [0.4, 0.5) is 5.69 Å². The lowest BCUT2D eigenvalue weighted by molar-refractivity contribution is -0.384. The Morgan fingerprint density at radius 2 is 1.74 bits per heavy atom. The SMILES string of the molecule is CCc1cc(Oc2ccc(C(C)=O)cc2)nc(-c2ccc([N+](=O)[O-])cc2)n1. The van der Waals surface area contributed by atoms with Crippen LogP contribution in [0.3, 0.4) is 0 Å². The number of Topliss-reactive ketones (excluding diaryl/α,β-unsaturated/α-hetero) is 1. The van der Waals surface area contributed by atoms with Crippen LogP contribution in [0.15, 0.2) is 54.6 Å². The Balaban J connectivity index is 1.91. The standard InChI is InChI=1S/C20H17N3O4/c1-3-16-12-19(27-18-10-6-14(7-11-18)13(2)24)22-20(21-16)15-4-8-17(9-5-15)23(25)26/h4-12H,3H2,1-2H3. The van der Waals surface area contributed by atoms with Gasteiger partial charge in [-0.3, -0.25) is 14.9 Å². The second kappa shape index (κ2) is 7.74. The first-order valence-corrected chi connectivity index (χ1v) is 8.38. The van der Waals surface area contributed by atoms with E-state index in [0.29, 0.717) is 35.0 Å². The number of hydrogen-bond acceptors (Lipinski definition) is 6. The van der Waals surface area contributed by atoms with Crippen LogP contribution in [0, 0.1) is 10.1 Å². The van der Waals surface area contributed by atoms with Gasteiger partial charge in [-0.05, 0) is 49.7 Å². The van der Waals surface area contributed by atoms with Gasteiger partial charge in [0.15, 0.2) is 11.6 Å². The minimum Gasteiger partial charge on any atom is -0.439 e. The molecule has 0 amide bonds. The molecule has 0 saturated carbocycles. The van der Waals surface area contributed by atoms with E-state index in [9.17, 15) is 14.9 Å². The van der Waals surface area contributed by atoms with Gasteiger partial charge in [0.25, 0.3) is 5.69 Å². The van der Waals surface area contributed by atoms with Gasteiger partial charge in [0.2, 0.25) is 5.88 Å². The lowest BCUT2D eigenvalue weighted by Gasteiger charge is -2.09. The molecule has 0 fully saturated rings. The van der Waals surface area contributed by atoms with E-state index in [0.717, 1.165) is 5.69 Å². The molecule has 3 aromatic rings. The summed E-state index contributed by atoms with van der Waals surface area (Å²) in [6.45, 7) is 3.47. The maximum atomic E-state index is 11.4. The fourth-order valence-electron chi connectivity index (χ4n) is 2.45. The maximum Gasteiger partial charge on any atom is 0.269 e. The van der Waals surface area contributed by atoms with E-state index < -0.39 is 4.92 Å². The maximum absolute atomic E-state index is 11.4. The number of nitro groups is 1. The number of benzene rings is 2. The van der Waals surface area contributed by atoms with E-state index in [1.54, 1.807) is 42.5 Å². The fraction of sp³-hybridized carbons (Fsp3) is 0.150. The summed E-state index contributed by atoms with van der Waals surface area (Å²) in [6, 6.07) is 14.6. The molecule has 0 aliphatic rings. The van der Waals surface area contributed by atoms with Gasteiger partial charge in [0.1, 0.15) is 5.75 Å². The molecule has 2 aromatic carbocycles. The average Bonchev–Trinajstić information content (AvgIpc) is 2.68. The van der Waals surface area contributed by atoms with Crippen molar-refractivity contribution < 1.29 is 14.5 Å². The van der Waals surface area contributed by atoms with Crippen LogP contribution in [0.5, 0.6) is 11.6 Å². The molecule has 1 aromatic heterocycles. The van der Waals surface area contributed by atoms with Gasteiger partial charge in [-0.15, -0.1) is 0 Å². The zero-order valence-electron chi connectivity index (χ0n) is 14.9. The summed E-state index contributed by atoms with van der Waals surface area (Å²) < 4.78 is 5.81. The van der Waals surface area contributed by atoms with Crippen LogP contribution in [-0.2, 0) is 6.42 Å². The first-order valence-electron chi connectivity index (χ1n) is 8.38. The van der Waals surface area contributed by atoms with Crippen molar-refractivity contribution >= 4 is 11.5 Å². The van der Waals surface area contributed by atoms with E-state index in [1.807, 2.05) is 6.92 Å². The third kappa shape index (κ3) is 4.33. The highest BCUT2D eigenvalue weighted by molar-refractivity contribution is 5.94. The number of hydrogen-bond donors (Lipinski definition) is 0. The van der Waals surface area contributed by atoms with Crippen LogP contribution in [-0.4, -0.2) is 20.7 Å². The molecule has 0 spiro atoms. The van der Waals surface area contributed by atoms with Crippen LogP contribution >= 0.6 is 0 Å². The third-order valence-electron chi connectivity index (χ3n) is 3.94. The first kappa shape index (κ1) is 18.2. The van der Waals surface area contributed by atoms with Crippen molar-refractivity contribution in [1.82, 2.24) is 9.97 Å². The minimum absolute atomic E-state index is 0.00688. The first-order chi connectivity index (χ1) is 13.0. The van der Waals surface area contributed by atoms with Crippen molar-refractivity contribution in [3.8, 4) is 23.0 Å². The molecule has 0 aliphatic carbocycles. The van der Waals surface area contributed by atoms with E-state index in [-0.39, 0.29) is 11.5 Å². The number of carbonyl (C=O) groups is 1. The largest absolute Gasteiger partial charge is 0.439 e. The third-order valence-corrected chi connectivity index (χ3v) is 3.94. The number of aryl methyl sites for hydroxylation is 1. The number of rotatable bonds is 6. The van der Waals surface area contributed by atoms with Crippen molar-refractivity contribution in [3.05, 3.63) is 76.0 Å². The topological polar surface area (TPSA) is 95.2 Å². The van der Waals surface area contributed by atoms with E-state index in [1.165, 1.54) is 19.1 Å². The molecule has 0 N–H and O–H groups in total. The summed E-state index contributed by atoms with van der Waals surface area (Å²) in [5.41, 5.74) is 2.06. The monoisotopic (exact) mass is 363 g/mol. The van der Waals surface area contributed by atoms with Gasteiger partial charge in [-0.1, -0.05) is 6.92 Å². The number of carbonyl (C=O) groups excluding carboxylic acids is 1. The molecule has 0 atom stereocenters. The van der Waals surface area contributed by atoms with E-state index in [2.05, 4.69) is 9.97 Å². The Hall–Kier alpha value is -3.61. The molecule has 0 aliphatic heterocycles. The number of non-ortho nitro benzene ring substituents is 1. The number of nitrogens with zero attached hydrogens (tertiary/aromatic N) is 3. The van der Waals surface area contributed by atoms with Crippen molar-refractivity contribution in [2.24, 2.45) is 0 Å². The Labute approximate surface area is 155 Å². The van der Waals surface area contributed by atoms with Crippen LogP contribution in [0.2, 0.25) is 0 Å². The van der Waals surface area contributed by atoms with Crippen molar-refractivity contribution in [1.29, 1.82) is 0 Å². The Morgan fingerprint density at radius 3 is 2.30 bits per heavy atom. The van der Waals surface area contributed by atoms with Crippen LogP contribution in [0.25, 0.3) is 11.4 Å². The van der Waals surface area contributed by atoms with Gasteiger partial charge in [-0.2, -0.15) is 4.98 Å². The second-order valence-corrected chi connectivity index (χ2v) is 5.86. The molecule has 136 valence electrons. The summed E-state index contributed by atoms with van der Waals surface area (Å²) in [5, 5.41) is 10.8. The van der Waals surface area contributed by atoms with Gasteiger partial charge < -0.3 is 4.74 Å². The van der Waals surface area contributed by atoms with Crippen molar-refractivity contribution in [2.45, 2.75) is 20.3 Å². The van der Waals surface area contributed by atoms with E-state index >= 15 is 0 Å². The van der Waals surface area contributed by atoms with Crippen molar-refractivity contribution in [2.75, 3.05) is 0 Å². The molecule has 7 nitrogen and oxygen atoms in total. The zero-order valence-corrected chi connectivity index (χ0v) is 14.9. The van der Waals surface area contributed by atoms with Gasteiger partial charge in [0, 0.05) is 35.0 Å². The Kier molecular flexibility index (Phi) is 5.21. The lowest BCUT2D eigenvalue weighted by atomic mass is 10.1. The molecule has 0 unspecified atom stereocenters. The number of nitro benzene ring substituents is 1. The molecular weight excluding hydrogens is 346 g/mol. The molecule has 0 bridgehead atoms. The number of ether oxygens (including phenoxy) is 1. The highest BCUT2D eigenvalue weighted by Crippen LogP contribution is 2.25. The predicted molar refractivity (Wildman–Crippen MR) is 100 cm³/mol. The van der Waals surface area contributed by atoms with Gasteiger partial charge in [-0.25, -0.2) is 4.98 Å². The Morgan fingerprint density at radius 1 is 1.07 bits per heavy atom. The predicted octanol–water partition coefficient (Wildman–Crippen LogP) is 4.61. The van der Waals surface area contributed by atoms with Gasteiger partial charge >= 0.3 is 0 Å². The highest BCUT2D eigenvalue weighted by atomic mass is 16.6. The molecule has 1 heterocycles. The smallest absolute Gasteiger partial charge is 0.269 e. The molecule has 27 heavy (non-hydrogen) atoms. The number of ketones is 1. The minimum atomic E-state index is -0.452. The number of aromatic nitrogens is 2. The van der Waals surface area contributed by atoms with Gasteiger partial charge in [0.05, 0.1) is 4.92 Å². The Bertz CT molecular complexity index is 983. The second-order valence-electron chi connectivity index (χ2n) is 5.86. The summed E-state index contributed by atoms with van der Waals surface area (Å²) >= 11 is 0. The summed E-state index contributed by atoms with van der Waals surface area (Å²) in [5.74, 6) is 1.33. The quantitative estimate of drug-likeness (QED) is 0.360. The molecule has 7 heteroatoms. The lowest BCUT2D eigenvalue weighted by Crippen LogP contribution is -1.98. The summed E-state index contributed by atoms with van der Waals surface area (Å²) in [6.07, 6.45) is 0.683. The van der Waals surface area contributed by atoms with E-state index in [4.69, 9.17) is 4.74 Å². The fourth-order valence-corrected chi connectivity index (χ4v) is 2.45. The van der Waals surface area contributed by atoms with Crippen molar-refractivity contribution in [3.63, 3.8) is 0 Å². The average molecular weight is 363 g/mol. The van der Waals surface area contributed by atoms with Crippen LogP contribution < -0.4 is 4.74 Å². The molecular formula is C20H17N3O4. The summed E-state index contributed by atoms with van der Waals surface area (Å²) in [4.78, 5) is 30.6. The zero-order chi connectivity index (χ0) is 19.4.